The van der Waals surface area contributed by atoms with E-state index in [9.17, 15) is 26.8 Å². The molecule has 0 saturated heterocycles. The Balaban J connectivity index is 2.16. The summed E-state index contributed by atoms with van der Waals surface area (Å²) in [5.74, 6) is -3.53. The number of benzene rings is 2. The van der Waals surface area contributed by atoms with Gasteiger partial charge in [-0.15, -0.1) is 0 Å². The highest BCUT2D eigenvalue weighted by atomic mass is 32.2. The molecule has 3 aromatic rings. The smallest absolute Gasteiger partial charge is 0.261 e. The maximum Gasteiger partial charge on any atom is 0.261 e. The Morgan fingerprint density at radius 2 is 1.86 bits per heavy atom. The second-order valence-corrected chi connectivity index (χ2v) is 8.52. The average molecular weight is 421 g/mol. The Morgan fingerprint density at radius 3 is 2.48 bits per heavy atom. The van der Waals surface area contributed by atoms with Crippen LogP contribution in [0.1, 0.15) is 35.8 Å². The van der Waals surface area contributed by atoms with Crippen molar-refractivity contribution in [1.82, 2.24) is 9.55 Å². The minimum Gasteiger partial charge on any atom is -0.296 e. The molecular weight excluding hydrogens is 404 g/mol. The Morgan fingerprint density at radius 1 is 1.17 bits per heavy atom. The molecule has 0 atom stereocenters. The molecule has 0 saturated carbocycles. The minimum atomic E-state index is -3.84. The van der Waals surface area contributed by atoms with Crippen LogP contribution in [-0.4, -0.2) is 30.0 Å². The number of rotatable bonds is 5. The molecule has 0 spiro atoms. The van der Waals surface area contributed by atoms with Gasteiger partial charge in [0.05, 0.1) is 34.7 Å². The quantitative estimate of drug-likeness (QED) is 0.639. The van der Waals surface area contributed by atoms with Gasteiger partial charge in [-0.2, -0.15) is 0 Å². The number of carbonyl (C=O) groups is 1. The van der Waals surface area contributed by atoms with Crippen LogP contribution >= 0.6 is 0 Å². The van der Waals surface area contributed by atoms with Crippen LogP contribution in [0, 0.1) is 11.6 Å². The van der Waals surface area contributed by atoms with Gasteiger partial charge < -0.3 is 0 Å². The predicted molar refractivity (Wildman–Crippen MR) is 105 cm³/mol. The zero-order valence-corrected chi connectivity index (χ0v) is 16.5. The van der Waals surface area contributed by atoms with E-state index in [1.54, 1.807) is 13.8 Å². The lowest BCUT2D eigenvalue weighted by molar-refractivity contribution is 0.103. The molecule has 10 heteroatoms. The summed E-state index contributed by atoms with van der Waals surface area (Å²) >= 11 is 0. The molecule has 1 heterocycles. The van der Waals surface area contributed by atoms with E-state index >= 15 is 0 Å². The molecule has 0 aliphatic rings. The van der Waals surface area contributed by atoms with Crippen LogP contribution in [0.25, 0.3) is 10.9 Å². The van der Waals surface area contributed by atoms with Gasteiger partial charge in [0.15, 0.2) is 11.6 Å². The number of sulfonamides is 1. The van der Waals surface area contributed by atoms with E-state index in [2.05, 4.69) is 4.98 Å². The van der Waals surface area contributed by atoms with E-state index in [0.717, 1.165) is 18.4 Å². The number of hydrogen-bond donors (Lipinski definition) is 1. The topological polar surface area (TPSA) is 98.1 Å². The maximum absolute atomic E-state index is 14.7. The van der Waals surface area contributed by atoms with E-state index in [1.165, 1.54) is 29.1 Å². The van der Waals surface area contributed by atoms with E-state index in [-0.39, 0.29) is 17.0 Å². The van der Waals surface area contributed by atoms with Crippen molar-refractivity contribution in [2.24, 2.45) is 0 Å². The van der Waals surface area contributed by atoms with Crippen LogP contribution in [0.2, 0.25) is 0 Å². The molecular formula is C19H17F2N3O4S. The van der Waals surface area contributed by atoms with Crippen molar-refractivity contribution in [3.05, 3.63) is 69.8 Å². The highest BCUT2D eigenvalue weighted by molar-refractivity contribution is 7.92. The van der Waals surface area contributed by atoms with E-state index in [0.29, 0.717) is 5.52 Å². The van der Waals surface area contributed by atoms with Crippen molar-refractivity contribution < 1.29 is 22.0 Å². The van der Waals surface area contributed by atoms with Gasteiger partial charge in [-0.1, -0.05) is 0 Å². The normalized spacial score (nSPS) is 11.8. The number of hydrogen-bond acceptors (Lipinski definition) is 5. The monoisotopic (exact) mass is 421 g/mol. The fourth-order valence-corrected chi connectivity index (χ4v) is 3.39. The largest absolute Gasteiger partial charge is 0.296 e. The highest BCUT2D eigenvalue weighted by Gasteiger charge is 2.23. The zero-order chi connectivity index (χ0) is 21.5. The number of fused-ring (bicyclic) bond motifs is 1. The van der Waals surface area contributed by atoms with Crippen LogP contribution in [0.4, 0.5) is 14.5 Å². The molecule has 29 heavy (non-hydrogen) atoms. The van der Waals surface area contributed by atoms with E-state index in [1.807, 2.05) is 4.72 Å². The summed E-state index contributed by atoms with van der Waals surface area (Å²) in [6.07, 6.45) is 2.18. The lowest BCUT2D eigenvalue weighted by Crippen LogP contribution is -2.22. The molecule has 0 bridgehead atoms. The Hall–Kier alpha value is -3.14. The lowest BCUT2D eigenvalue weighted by atomic mass is 10.00. The third-order valence-corrected chi connectivity index (χ3v) is 4.81. The van der Waals surface area contributed by atoms with Gasteiger partial charge in [-0.3, -0.25) is 18.9 Å². The average Bonchev–Trinajstić information content (AvgIpc) is 2.63. The van der Waals surface area contributed by atoms with E-state index < -0.39 is 44.3 Å². The highest BCUT2D eigenvalue weighted by Crippen LogP contribution is 2.25. The van der Waals surface area contributed by atoms with Crippen molar-refractivity contribution in [3.8, 4) is 0 Å². The van der Waals surface area contributed by atoms with Gasteiger partial charge in [0.2, 0.25) is 10.0 Å². The Labute approximate surface area is 165 Å². The third kappa shape index (κ3) is 4.02. The molecule has 0 fully saturated rings. The second-order valence-electron chi connectivity index (χ2n) is 6.77. The summed E-state index contributed by atoms with van der Waals surface area (Å²) in [5.41, 5.74) is -1.68. The summed E-state index contributed by atoms with van der Waals surface area (Å²) in [4.78, 5) is 29.6. The molecule has 3 rings (SSSR count). The molecule has 1 aromatic heterocycles. The van der Waals surface area contributed by atoms with Crippen molar-refractivity contribution >= 4 is 32.4 Å². The van der Waals surface area contributed by atoms with Gasteiger partial charge in [-0.25, -0.2) is 22.2 Å². The van der Waals surface area contributed by atoms with Gasteiger partial charge >= 0.3 is 0 Å². The maximum atomic E-state index is 14.7. The molecule has 1 N–H and O–H groups in total. The molecule has 0 aliphatic heterocycles. The van der Waals surface area contributed by atoms with Gasteiger partial charge in [0.25, 0.3) is 5.56 Å². The molecule has 0 amide bonds. The van der Waals surface area contributed by atoms with Crippen molar-refractivity contribution in [3.63, 3.8) is 0 Å². The molecule has 152 valence electrons. The first kappa shape index (κ1) is 20.6. The standard InChI is InChI=1S/C19H17F2N3O4S/c1-10(2)24-9-22-14-6-4-11(8-12(14)19(24)26)18(25)16-13(20)5-7-15(17(16)21)23-29(3,27)28/h4-10,23H,1-3H3. The van der Waals surface area contributed by atoms with E-state index in [4.69, 9.17) is 0 Å². The SMILES string of the molecule is CC(C)n1cnc2ccc(C(=O)c3c(F)ccc(NS(C)(=O)=O)c3F)cc2c1=O. The van der Waals surface area contributed by atoms with Gasteiger partial charge in [-0.05, 0) is 44.2 Å². The number of carbonyl (C=O) groups excluding carboxylic acids is 1. The summed E-state index contributed by atoms with van der Waals surface area (Å²) < 4.78 is 54.9. The zero-order valence-electron chi connectivity index (χ0n) is 15.7. The Kier molecular flexibility index (Phi) is 5.22. The molecule has 0 radical (unpaired) electrons. The Bertz CT molecular complexity index is 1300. The second kappa shape index (κ2) is 7.36. The number of halogens is 2. The summed E-state index contributed by atoms with van der Waals surface area (Å²) in [7, 11) is -3.84. The van der Waals surface area contributed by atoms with Gasteiger partial charge in [0.1, 0.15) is 5.82 Å². The number of ketones is 1. The summed E-state index contributed by atoms with van der Waals surface area (Å²) in [6, 6.07) is 5.43. The molecule has 7 nitrogen and oxygen atoms in total. The fourth-order valence-electron chi connectivity index (χ4n) is 2.83. The number of aromatic nitrogens is 2. The fraction of sp³-hybridized carbons (Fsp3) is 0.211. The predicted octanol–water partition coefficient (Wildman–Crippen LogP) is 2.86. The third-order valence-electron chi connectivity index (χ3n) is 4.21. The van der Waals surface area contributed by atoms with Crippen molar-refractivity contribution in [2.75, 3.05) is 11.0 Å². The lowest BCUT2D eigenvalue weighted by Gasteiger charge is -2.12. The van der Waals surface area contributed by atoms with Crippen LogP contribution in [-0.2, 0) is 10.0 Å². The first-order valence-electron chi connectivity index (χ1n) is 8.51. The summed E-state index contributed by atoms with van der Waals surface area (Å²) in [6.45, 7) is 3.57. The molecule has 0 unspecified atom stereocenters. The first-order chi connectivity index (χ1) is 13.5. The van der Waals surface area contributed by atoms with Crippen molar-refractivity contribution in [1.29, 1.82) is 0 Å². The van der Waals surface area contributed by atoms with Crippen LogP contribution in [0.15, 0.2) is 41.5 Å². The van der Waals surface area contributed by atoms with Crippen molar-refractivity contribution in [2.45, 2.75) is 19.9 Å². The minimum absolute atomic E-state index is 0.123. The summed E-state index contributed by atoms with van der Waals surface area (Å²) in [5, 5.41) is 0.123. The first-order valence-corrected chi connectivity index (χ1v) is 10.4. The molecule has 2 aromatic carbocycles. The van der Waals surface area contributed by atoms with Crippen LogP contribution in [0.3, 0.4) is 0 Å². The van der Waals surface area contributed by atoms with Crippen LogP contribution in [0.5, 0.6) is 0 Å². The van der Waals surface area contributed by atoms with Gasteiger partial charge in [0, 0.05) is 11.6 Å². The molecule has 0 aliphatic carbocycles. The van der Waals surface area contributed by atoms with Crippen LogP contribution < -0.4 is 10.3 Å². The number of anilines is 1. The number of nitrogens with zero attached hydrogens (tertiary/aromatic N) is 2. The number of nitrogens with one attached hydrogen (secondary N) is 1.